The van der Waals surface area contributed by atoms with E-state index in [2.05, 4.69) is 16.8 Å². The van der Waals surface area contributed by atoms with Crippen LogP contribution < -0.4 is 0 Å². The Hall–Kier alpha value is -2.90. The fraction of sp³-hybridized carbons (Fsp3) is 0.182. The minimum atomic E-state index is -0.222. The molecule has 0 saturated carbocycles. The van der Waals surface area contributed by atoms with Crippen LogP contribution in [-0.2, 0) is 6.54 Å². The molecular weight excluding hydrogens is 420 g/mol. The number of thioether (sulfide) groups is 1. The molecule has 1 aliphatic rings. The first-order chi connectivity index (χ1) is 14.6. The molecule has 0 bridgehead atoms. The summed E-state index contributed by atoms with van der Waals surface area (Å²) in [4.78, 5) is 26.2. The Kier molecular flexibility index (Phi) is 6.01. The number of carbonyl (C=O) groups is 2. The van der Waals surface area contributed by atoms with Gasteiger partial charge in [0.25, 0.3) is 11.8 Å². The summed E-state index contributed by atoms with van der Waals surface area (Å²) >= 11 is 7.52. The first kappa shape index (κ1) is 20.4. The van der Waals surface area contributed by atoms with Crippen LogP contribution in [0.25, 0.3) is 11.4 Å². The van der Waals surface area contributed by atoms with Crippen LogP contribution >= 0.6 is 23.4 Å². The number of hydrogen-bond acceptors (Lipinski definition) is 5. The average molecular weight is 439 g/mol. The lowest BCUT2D eigenvalue weighted by atomic mass is 10.1. The number of carbonyl (C=O) groups excluding carboxylic acids is 2. The fourth-order valence-corrected chi connectivity index (χ4v) is 4.33. The number of nitrogens with zero attached hydrogens (tertiary/aromatic N) is 4. The molecule has 8 heteroatoms. The Morgan fingerprint density at radius 2 is 1.67 bits per heavy atom. The van der Waals surface area contributed by atoms with Crippen molar-refractivity contribution >= 4 is 35.2 Å². The van der Waals surface area contributed by atoms with Crippen LogP contribution in [0.2, 0.25) is 5.02 Å². The molecule has 4 rings (SSSR count). The summed E-state index contributed by atoms with van der Waals surface area (Å²) in [7, 11) is 0. The lowest BCUT2D eigenvalue weighted by Gasteiger charge is -2.13. The molecule has 0 N–H and O–H groups in total. The molecule has 0 fully saturated rings. The van der Waals surface area contributed by atoms with Crippen molar-refractivity contribution in [1.29, 1.82) is 0 Å². The molecule has 0 saturated heterocycles. The Balaban J connectivity index is 1.40. The molecule has 3 aromatic rings. The standard InChI is InChI=1S/C22H19ClN4O2S/c1-2-12-26-19(15-8-10-16(23)11-9-15)24-25-22(26)30-14-5-13-27-20(28)17-6-3-4-7-18(17)21(27)29/h2-4,6-11H,1,5,12-14H2. The van der Waals surface area contributed by atoms with Gasteiger partial charge in [-0.25, -0.2) is 0 Å². The highest BCUT2D eigenvalue weighted by Gasteiger charge is 2.34. The van der Waals surface area contributed by atoms with Gasteiger partial charge in [-0.2, -0.15) is 0 Å². The molecule has 0 atom stereocenters. The summed E-state index contributed by atoms with van der Waals surface area (Å²) in [5, 5.41) is 10.1. The maximum atomic E-state index is 12.4. The number of allylic oxidation sites excluding steroid dienone is 1. The van der Waals surface area contributed by atoms with E-state index in [0.717, 1.165) is 16.5 Å². The number of halogens is 1. The monoisotopic (exact) mass is 438 g/mol. The third-order valence-electron chi connectivity index (χ3n) is 4.77. The maximum absolute atomic E-state index is 12.4. The SMILES string of the molecule is C=CCn1c(SCCCN2C(=O)c3ccccc3C2=O)nnc1-c1ccc(Cl)cc1. The molecule has 0 aliphatic carbocycles. The van der Waals surface area contributed by atoms with Crippen LogP contribution in [0.3, 0.4) is 0 Å². The van der Waals surface area contributed by atoms with Gasteiger partial charge in [-0.05, 0) is 42.8 Å². The van der Waals surface area contributed by atoms with Gasteiger partial charge in [0, 0.05) is 29.4 Å². The van der Waals surface area contributed by atoms with Gasteiger partial charge in [-0.15, -0.1) is 16.8 Å². The van der Waals surface area contributed by atoms with Crippen molar-refractivity contribution in [2.45, 2.75) is 18.1 Å². The average Bonchev–Trinajstić information content (AvgIpc) is 3.26. The minimum Gasteiger partial charge on any atom is -0.298 e. The van der Waals surface area contributed by atoms with Gasteiger partial charge in [0.05, 0.1) is 11.1 Å². The van der Waals surface area contributed by atoms with E-state index in [1.165, 1.54) is 4.90 Å². The summed E-state index contributed by atoms with van der Waals surface area (Å²) in [6, 6.07) is 14.4. The first-order valence-corrected chi connectivity index (χ1v) is 10.8. The zero-order valence-electron chi connectivity index (χ0n) is 16.1. The number of aromatic nitrogens is 3. The molecule has 1 aliphatic heterocycles. The van der Waals surface area contributed by atoms with Crippen molar-refractivity contribution in [3.63, 3.8) is 0 Å². The van der Waals surface area contributed by atoms with Crippen LogP contribution in [0, 0.1) is 0 Å². The summed E-state index contributed by atoms with van der Waals surface area (Å²) in [6.07, 6.45) is 2.46. The zero-order chi connectivity index (χ0) is 21.1. The molecule has 0 radical (unpaired) electrons. The molecule has 1 aromatic heterocycles. The van der Waals surface area contributed by atoms with E-state index in [0.29, 0.717) is 41.4 Å². The summed E-state index contributed by atoms with van der Waals surface area (Å²) in [5.41, 5.74) is 1.88. The topological polar surface area (TPSA) is 68.1 Å². The van der Waals surface area contributed by atoms with Gasteiger partial charge in [0.2, 0.25) is 0 Å². The third kappa shape index (κ3) is 3.91. The van der Waals surface area contributed by atoms with E-state index in [1.54, 1.807) is 42.1 Å². The Morgan fingerprint density at radius 1 is 1.00 bits per heavy atom. The van der Waals surface area contributed by atoms with Crippen LogP contribution in [0.15, 0.2) is 66.3 Å². The van der Waals surface area contributed by atoms with Crippen molar-refractivity contribution in [3.05, 3.63) is 77.3 Å². The van der Waals surface area contributed by atoms with E-state index in [1.807, 2.05) is 28.8 Å². The summed E-state index contributed by atoms with van der Waals surface area (Å²) in [6.45, 7) is 4.77. The molecule has 2 aromatic carbocycles. The minimum absolute atomic E-state index is 0.222. The third-order valence-corrected chi connectivity index (χ3v) is 6.07. The number of imide groups is 1. The number of benzene rings is 2. The van der Waals surface area contributed by atoms with Gasteiger partial charge in [-0.3, -0.25) is 19.1 Å². The summed E-state index contributed by atoms with van der Waals surface area (Å²) in [5.74, 6) is 0.999. The molecule has 30 heavy (non-hydrogen) atoms. The van der Waals surface area contributed by atoms with Gasteiger partial charge in [-0.1, -0.05) is 41.6 Å². The van der Waals surface area contributed by atoms with Crippen molar-refractivity contribution in [2.24, 2.45) is 0 Å². The van der Waals surface area contributed by atoms with Crippen molar-refractivity contribution in [3.8, 4) is 11.4 Å². The van der Waals surface area contributed by atoms with Crippen LogP contribution in [0.5, 0.6) is 0 Å². The van der Waals surface area contributed by atoms with E-state index in [9.17, 15) is 9.59 Å². The lowest BCUT2D eigenvalue weighted by molar-refractivity contribution is 0.0655. The molecule has 2 amide bonds. The maximum Gasteiger partial charge on any atom is 0.261 e. The normalized spacial score (nSPS) is 13.0. The van der Waals surface area contributed by atoms with E-state index in [4.69, 9.17) is 11.6 Å². The van der Waals surface area contributed by atoms with E-state index < -0.39 is 0 Å². The van der Waals surface area contributed by atoms with Crippen LogP contribution in [-0.4, -0.2) is 43.8 Å². The van der Waals surface area contributed by atoms with Crippen molar-refractivity contribution < 1.29 is 9.59 Å². The molecular formula is C22H19ClN4O2S. The molecule has 0 unspecified atom stereocenters. The van der Waals surface area contributed by atoms with Crippen LogP contribution in [0.4, 0.5) is 0 Å². The predicted molar refractivity (Wildman–Crippen MR) is 118 cm³/mol. The van der Waals surface area contributed by atoms with Gasteiger partial charge < -0.3 is 0 Å². The van der Waals surface area contributed by atoms with E-state index >= 15 is 0 Å². The number of fused-ring (bicyclic) bond motifs is 1. The second-order valence-corrected chi connectivity index (χ2v) is 8.22. The molecule has 2 heterocycles. The fourth-order valence-electron chi connectivity index (χ4n) is 3.33. The second kappa shape index (κ2) is 8.85. The lowest BCUT2D eigenvalue weighted by Crippen LogP contribution is -2.31. The number of hydrogen-bond donors (Lipinski definition) is 0. The molecule has 152 valence electrons. The molecule has 0 spiro atoms. The van der Waals surface area contributed by atoms with Gasteiger partial charge in [0.1, 0.15) is 0 Å². The Morgan fingerprint density at radius 3 is 2.30 bits per heavy atom. The Bertz CT molecular complexity index is 1080. The molecule has 6 nitrogen and oxygen atoms in total. The van der Waals surface area contributed by atoms with E-state index in [-0.39, 0.29) is 11.8 Å². The van der Waals surface area contributed by atoms with Crippen molar-refractivity contribution in [2.75, 3.05) is 12.3 Å². The quantitative estimate of drug-likeness (QED) is 0.223. The Labute approximate surface area is 183 Å². The van der Waals surface area contributed by atoms with Crippen molar-refractivity contribution in [1.82, 2.24) is 19.7 Å². The zero-order valence-corrected chi connectivity index (χ0v) is 17.7. The summed E-state index contributed by atoms with van der Waals surface area (Å²) < 4.78 is 1.99. The second-order valence-electron chi connectivity index (χ2n) is 6.72. The van der Waals surface area contributed by atoms with Gasteiger partial charge >= 0.3 is 0 Å². The smallest absolute Gasteiger partial charge is 0.261 e. The largest absolute Gasteiger partial charge is 0.298 e. The predicted octanol–water partition coefficient (Wildman–Crippen LogP) is 4.56. The number of amides is 2. The van der Waals surface area contributed by atoms with Gasteiger partial charge in [0.15, 0.2) is 11.0 Å². The first-order valence-electron chi connectivity index (χ1n) is 9.48. The number of rotatable bonds is 8. The highest BCUT2D eigenvalue weighted by Crippen LogP contribution is 2.27. The highest BCUT2D eigenvalue weighted by molar-refractivity contribution is 7.99. The van der Waals surface area contributed by atoms with Crippen LogP contribution in [0.1, 0.15) is 27.1 Å². The highest BCUT2D eigenvalue weighted by atomic mass is 35.5.